The van der Waals surface area contributed by atoms with Crippen LogP contribution in [0.3, 0.4) is 0 Å². The fraction of sp³-hybridized carbons (Fsp3) is 0.636. The summed E-state index contributed by atoms with van der Waals surface area (Å²) >= 11 is 0. The van der Waals surface area contributed by atoms with E-state index < -0.39 is 17.8 Å². The first-order valence-electron chi connectivity index (χ1n) is 5.88. The predicted octanol–water partition coefficient (Wildman–Crippen LogP) is 2.06. The summed E-state index contributed by atoms with van der Waals surface area (Å²) in [5.74, 6) is -0.355. The minimum absolute atomic E-state index is 0.0524. The average Bonchev–Trinajstić information content (AvgIpc) is 2.72. The lowest BCUT2D eigenvalue weighted by Crippen LogP contribution is -2.33. The summed E-state index contributed by atoms with van der Waals surface area (Å²) in [6.07, 6.45) is -2.74. The highest BCUT2D eigenvalue weighted by Gasteiger charge is 2.34. The van der Waals surface area contributed by atoms with Gasteiger partial charge in [-0.15, -0.1) is 0 Å². The standard InChI is InChI=1S/C11H15F3N4O/c1-10(3-2-4-19-10)6-16-8-5-7(11(12,13)14)17-9(15)18-8/h5H,2-4,6H2,1H3,(H3,15,16,17,18). The van der Waals surface area contributed by atoms with Gasteiger partial charge in [0.15, 0.2) is 5.69 Å². The molecule has 106 valence electrons. The van der Waals surface area contributed by atoms with Crippen molar-refractivity contribution in [2.75, 3.05) is 24.2 Å². The number of hydrogen-bond donors (Lipinski definition) is 2. The molecule has 0 bridgehead atoms. The molecule has 1 atom stereocenters. The molecule has 1 unspecified atom stereocenters. The van der Waals surface area contributed by atoms with E-state index in [1.54, 1.807) is 0 Å². The van der Waals surface area contributed by atoms with E-state index in [0.29, 0.717) is 13.2 Å². The number of nitrogens with zero attached hydrogens (tertiary/aromatic N) is 2. The molecule has 1 aromatic heterocycles. The van der Waals surface area contributed by atoms with Crippen LogP contribution >= 0.6 is 0 Å². The van der Waals surface area contributed by atoms with Crippen molar-refractivity contribution in [3.8, 4) is 0 Å². The van der Waals surface area contributed by atoms with Crippen LogP contribution in [0.4, 0.5) is 24.9 Å². The molecular formula is C11H15F3N4O. The van der Waals surface area contributed by atoms with E-state index >= 15 is 0 Å². The molecule has 5 nitrogen and oxygen atoms in total. The first-order chi connectivity index (χ1) is 8.78. The highest BCUT2D eigenvalue weighted by atomic mass is 19.4. The summed E-state index contributed by atoms with van der Waals surface area (Å²) in [5, 5.41) is 2.82. The summed E-state index contributed by atoms with van der Waals surface area (Å²) in [7, 11) is 0. The number of hydrogen-bond acceptors (Lipinski definition) is 5. The van der Waals surface area contributed by atoms with Crippen molar-refractivity contribution in [3.63, 3.8) is 0 Å². The highest BCUT2D eigenvalue weighted by Crippen LogP contribution is 2.30. The lowest BCUT2D eigenvalue weighted by atomic mass is 10.0. The number of halogens is 3. The van der Waals surface area contributed by atoms with Crippen LogP contribution < -0.4 is 11.1 Å². The van der Waals surface area contributed by atoms with E-state index in [-0.39, 0.29) is 11.4 Å². The molecule has 2 rings (SSSR count). The number of aromatic nitrogens is 2. The molecular weight excluding hydrogens is 261 g/mol. The van der Waals surface area contributed by atoms with Crippen LogP contribution in [0.15, 0.2) is 6.07 Å². The molecule has 2 heterocycles. The summed E-state index contributed by atoms with van der Waals surface area (Å²) < 4.78 is 43.2. The van der Waals surface area contributed by atoms with Gasteiger partial charge in [-0.1, -0.05) is 0 Å². The number of alkyl halides is 3. The molecule has 1 aliphatic heterocycles. The Bertz CT molecular complexity index is 458. The molecule has 0 spiro atoms. The van der Waals surface area contributed by atoms with E-state index in [9.17, 15) is 13.2 Å². The van der Waals surface area contributed by atoms with Crippen molar-refractivity contribution >= 4 is 11.8 Å². The van der Waals surface area contributed by atoms with Gasteiger partial charge < -0.3 is 15.8 Å². The summed E-state index contributed by atoms with van der Waals surface area (Å²) in [6, 6.07) is 0.842. The molecule has 0 aromatic carbocycles. The van der Waals surface area contributed by atoms with Crippen molar-refractivity contribution in [2.45, 2.75) is 31.5 Å². The molecule has 3 N–H and O–H groups in total. The Kier molecular flexibility index (Phi) is 3.53. The molecule has 1 aromatic rings. The maximum atomic E-state index is 12.6. The third kappa shape index (κ3) is 3.46. The molecule has 1 fully saturated rings. The number of nitrogens with one attached hydrogen (secondary N) is 1. The van der Waals surface area contributed by atoms with Crippen molar-refractivity contribution < 1.29 is 17.9 Å². The van der Waals surface area contributed by atoms with E-state index in [2.05, 4.69) is 15.3 Å². The Morgan fingerprint density at radius 1 is 1.47 bits per heavy atom. The lowest BCUT2D eigenvalue weighted by Gasteiger charge is -2.23. The zero-order valence-electron chi connectivity index (χ0n) is 10.4. The Morgan fingerprint density at radius 2 is 2.21 bits per heavy atom. The summed E-state index contributed by atoms with van der Waals surface area (Å²) in [5.41, 5.74) is 3.85. The topological polar surface area (TPSA) is 73.1 Å². The third-order valence-electron chi connectivity index (χ3n) is 2.98. The maximum absolute atomic E-state index is 12.6. The number of nitrogen functional groups attached to an aromatic ring is 1. The first-order valence-corrected chi connectivity index (χ1v) is 5.88. The number of nitrogens with two attached hydrogens (primary N) is 1. The Morgan fingerprint density at radius 3 is 2.79 bits per heavy atom. The zero-order valence-corrected chi connectivity index (χ0v) is 10.4. The third-order valence-corrected chi connectivity index (χ3v) is 2.98. The van der Waals surface area contributed by atoms with Gasteiger partial charge in [-0.2, -0.15) is 18.2 Å². The van der Waals surface area contributed by atoms with Gasteiger partial charge >= 0.3 is 6.18 Å². The van der Waals surface area contributed by atoms with E-state index in [1.807, 2.05) is 6.92 Å². The molecule has 1 aliphatic rings. The smallest absolute Gasteiger partial charge is 0.373 e. The van der Waals surface area contributed by atoms with Crippen LogP contribution in [0, 0.1) is 0 Å². The Balaban J connectivity index is 2.10. The zero-order chi connectivity index (χ0) is 14.1. The van der Waals surface area contributed by atoms with E-state index in [1.165, 1.54) is 0 Å². The molecule has 0 radical (unpaired) electrons. The highest BCUT2D eigenvalue weighted by molar-refractivity contribution is 5.41. The second-order valence-corrected chi connectivity index (χ2v) is 4.75. The lowest BCUT2D eigenvalue weighted by molar-refractivity contribution is -0.141. The summed E-state index contributed by atoms with van der Waals surface area (Å²) in [4.78, 5) is 6.91. The van der Waals surface area contributed by atoms with Crippen LogP contribution in [0.2, 0.25) is 0 Å². The number of rotatable bonds is 3. The second kappa shape index (κ2) is 4.84. The van der Waals surface area contributed by atoms with Gasteiger partial charge in [0.1, 0.15) is 5.82 Å². The average molecular weight is 276 g/mol. The van der Waals surface area contributed by atoms with Gasteiger partial charge in [0.25, 0.3) is 0 Å². The van der Waals surface area contributed by atoms with Gasteiger partial charge in [-0.05, 0) is 19.8 Å². The quantitative estimate of drug-likeness (QED) is 0.884. The van der Waals surface area contributed by atoms with Crippen LogP contribution in [0.5, 0.6) is 0 Å². The first kappa shape index (κ1) is 13.9. The molecule has 0 amide bonds. The fourth-order valence-corrected chi connectivity index (χ4v) is 1.96. The molecule has 0 aliphatic carbocycles. The minimum atomic E-state index is -4.54. The molecule has 1 saturated heterocycles. The second-order valence-electron chi connectivity index (χ2n) is 4.75. The fourth-order valence-electron chi connectivity index (χ4n) is 1.96. The van der Waals surface area contributed by atoms with Crippen molar-refractivity contribution in [1.29, 1.82) is 0 Å². The Labute approximate surface area is 108 Å². The molecule has 8 heteroatoms. The summed E-state index contributed by atoms with van der Waals surface area (Å²) in [6.45, 7) is 2.95. The van der Waals surface area contributed by atoms with Gasteiger partial charge in [0.05, 0.1) is 5.60 Å². The van der Waals surface area contributed by atoms with Gasteiger partial charge in [-0.3, -0.25) is 0 Å². The van der Waals surface area contributed by atoms with Crippen LogP contribution in [-0.2, 0) is 10.9 Å². The van der Waals surface area contributed by atoms with Gasteiger partial charge in [-0.25, -0.2) is 4.98 Å². The number of anilines is 2. The largest absolute Gasteiger partial charge is 0.433 e. The minimum Gasteiger partial charge on any atom is -0.373 e. The SMILES string of the molecule is CC1(CNc2cc(C(F)(F)F)nc(N)n2)CCCO1. The van der Waals surface area contributed by atoms with Crippen molar-refractivity contribution in [3.05, 3.63) is 11.8 Å². The van der Waals surface area contributed by atoms with Crippen molar-refractivity contribution in [1.82, 2.24) is 9.97 Å². The molecule has 0 saturated carbocycles. The van der Waals surface area contributed by atoms with Crippen LogP contribution in [-0.4, -0.2) is 28.7 Å². The monoisotopic (exact) mass is 276 g/mol. The molecule has 19 heavy (non-hydrogen) atoms. The van der Waals surface area contributed by atoms with Gasteiger partial charge in [0.2, 0.25) is 5.95 Å². The van der Waals surface area contributed by atoms with Gasteiger partial charge in [0, 0.05) is 19.2 Å². The van der Waals surface area contributed by atoms with E-state index in [4.69, 9.17) is 10.5 Å². The van der Waals surface area contributed by atoms with Crippen molar-refractivity contribution in [2.24, 2.45) is 0 Å². The predicted molar refractivity (Wildman–Crippen MR) is 63.5 cm³/mol. The van der Waals surface area contributed by atoms with Crippen LogP contribution in [0.25, 0.3) is 0 Å². The van der Waals surface area contributed by atoms with Crippen LogP contribution in [0.1, 0.15) is 25.5 Å². The van der Waals surface area contributed by atoms with E-state index in [0.717, 1.165) is 18.9 Å². The number of ether oxygens (including phenoxy) is 1. The maximum Gasteiger partial charge on any atom is 0.433 e. The normalized spacial score (nSPS) is 23.6. The Hall–Kier alpha value is -1.57.